The van der Waals surface area contributed by atoms with Gasteiger partial charge in [-0.2, -0.15) is 5.26 Å². The quantitative estimate of drug-likeness (QED) is 0.595. The summed E-state index contributed by atoms with van der Waals surface area (Å²) in [6, 6.07) is 1.98. The van der Waals surface area contributed by atoms with E-state index in [1.807, 2.05) is 6.07 Å². The SMILES string of the molecule is COCCN(CCC#N)C(=O)CN. The zero-order chi connectivity index (χ0) is 10.1. The number of amides is 1. The Hall–Kier alpha value is -1.12. The first-order valence-corrected chi connectivity index (χ1v) is 4.10. The molecule has 0 aromatic heterocycles. The summed E-state index contributed by atoms with van der Waals surface area (Å²) in [5, 5.41) is 8.34. The van der Waals surface area contributed by atoms with E-state index in [2.05, 4.69) is 0 Å². The molecule has 0 atom stereocenters. The van der Waals surface area contributed by atoms with E-state index in [-0.39, 0.29) is 12.5 Å². The summed E-state index contributed by atoms with van der Waals surface area (Å²) in [6.07, 6.45) is 0.329. The van der Waals surface area contributed by atoms with Gasteiger partial charge >= 0.3 is 0 Å². The van der Waals surface area contributed by atoms with Gasteiger partial charge in [0.1, 0.15) is 0 Å². The average molecular weight is 185 g/mol. The molecule has 13 heavy (non-hydrogen) atoms. The van der Waals surface area contributed by atoms with Gasteiger partial charge in [0.25, 0.3) is 0 Å². The van der Waals surface area contributed by atoms with Crippen LogP contribution in [0, 0.1) is 11.3 Å². The lowest BCUT2D eigenvalue weighted by Crippen LogP contribution is -2.38. The van der Waals surface area contributed by atoms with Gasteiger partial charge in [-0.3, -0.25) is 4.79 Å². The van der Waals surface area contributed by atoms with Gasteiger partial charge in [-0.15, -0.1) is 0 Å². The van der Waals surface area contributed by atoms with Crippen LogP contribution in [0.15, 0.2) is 0 Å². The van der Waals surface area contributed by atoms with Crippen LogP contribution in [0.25, 0.3) is 0 Å². The lowest BCUT2D eigenvalue weighted by atomic mass is 10.4. The van der Waals surface area contributed by atoms with E-state index < -0.39 is 0 Å². The van der Waals surface area contributed by atoms with Crippen LogP contribution in [0.3, 0.4) is 0 Å². The maximum absolute atomic E-state index is 11.2. The van der Waals surface area contributed by atoms with Crippen LogP contribution in [-0.2, 0) is 9.53 Å². The predicted octanol–water partition coefficient (Wildman–Crippen LogP) is -0.666. The molecule has 74 valence electrons. The first kappa shape index (κ1) is 11.9. The van der Waals surface area contributed by atoms with Crippen molar-refractivity contribution in [3.05, 3.63) is 0 Å². The summed E-state index contributed by atoms with van der Waals surface area (Å²) >= 11 is 0. The van der Waals surface area contributed by atoms with Crippen LogP contribution in [0.5, 0.6) is 0 Å². The molecule has 0 bridgehead atoms. The number of ether oxygens (including phenoxy) is 1. The predicted molar refractivity (Wildman–Crippen MR) is 47.7 cm³/mol. The van der Waals surface area contributed by atoms with Crippen molar-refractivity contribution in [2.75, 3.05) is 33.4 Å². The Morgan fingerprint density at radius 3 is 2.77 bits per heavy atom. The van der Waals surface area contributed by atoms with Crippen LogP contribution in [-0.4, -0.2) is 44.2 Å². The molecule has 5 heteroatoms. The maximum Gasteiger partial charge on any atom is 0.236 e. The van der Waals surface area contributed by atoms with Crippen LogP contribution in [0.4, 0.5) is 0 Å². The zero-order valence-corrected chi connectivity index (χ0v) is 7.82. The van der Waals surface area contributed by atoms with Gasteiger partial charge in [-0.25, -0.2) is 0 Å². The molecule has 0 aromatic rings. The minimum Gasteiger partial charge on any atom is -0.383 e. The molecule has 0 saturated heterocycles. The first-order chi connectivity index (χ1) is 6.26. The number of nitrogens with zero attached hydrogens (tertiary/aromatic N) is 2. The summed E-state index contributed by atoms with van der Waals surface area (Å²) in [5.41, 5.74) is 5.20. The summed E-state index contributed by atoms with van der Waals surface area (Å²) in [5.74, 6) is -0.146. The van der Waals surface area contributed by atoms with Crippen molar-refractivity contribution < 1.29 is 9.53 Å². The number of methoxy groups -OCH3 is 1. The van der Waals surface area contributed by atoms with Crippen molar-refractivity contribution >= 4 is 5.91 Å². The third-order valence-corrected chi connectivity index (χ3v) is 1.59. The summed E-state index contributed by atoms with van der Waals surface area (Å²) < 4.78 is 4.83. The second-order valence-electron chi connectivity index (χ2n) is 2.49. The Bertz CT molecular complexity index is 188. The van der Waals surface area contributed by atoms with Crippen molar-refractivity contribution in [2.45, 2.75) is 6.42 Å². The number of carbonyl (C=O) groups excluding carboxylic acids is 1. The zero-order valence-electron chi connectivity index (χ0n) is 7.82. The first-order valence-electron chi connectivity index (χ1n) is 4.10. The van der Waals surface area contributed by atoms with Crippen molar-refractivity contribution in [1.82, 2.24) is 4.90 Å². The van der Waals surface area contributed by atoms with E-state index in [9.17, 15) is 4.79 Å². The highest BCUT2D eigenvalue weighted by Crippen LogP contribution is 1.91. The summed E-state index contributed by atoms with van der Waals surface area (Å²) in [6.45, 7) is 1.37. The van der Waals surface area contributed by atoms with Gasteiger partial charge in [0.15, 0.2) is 0 Å². The van der Waals surface area contributed by atoms with E-state index in [0.717, 1.165) is 0 Å². The van der Waals surface area contributed by atoms with Crippen LogP contribution in [0.1, 0.15) is 6.42 Å². The van der Waals surface area contributed by atoms with Crippen molar-refractivity contribution in [1.29, 1.82) is 5.26 Å². The Labute approximate surface area is 78.1 Å². The number of hydrogen-bond acceptors (Lipinski definition) is 4. The molecule has 1 amide bonds. The Balaban J connectivity index is 3.88. The highest BCUT2D eigenvalue weighted by molar-refractivity contribution is 5.78. The second-order valence-corrected chi connectivity index (χ2v) is 2.49. The molecule has 5 nitrogen and oxygen atoms in total. The Kier molecular flexibility index (Phi) is 6.88. The number of nitriles is 1. The number of carbonyl (C=O) groups is 1. The monoisotopic (exact) mass is 185 g/mol. The van der Waals surface area contributed by atoms with Crippen molar-refractivity contribution in [3.8, 4) is 6.07 Å². The second kappa shape index (κ2) is 7.53. The minimum atomic E-state index is -0.146. The number of nitrogens with two attached hydrogens (primary N) is 1. The van der Waals surface area contributed by atoms with Crippen LogP contribution < -0.4 is 5.73 Å². The fourth-order valence-corrected chi connectivity index (χ4v) is 0.877. The van der Waals surface area contributed by atoms with E-state index in [4.69, 9.17) is 15.7 Å². The summed E-state index contributed by atoms with van der Waals surface area (Å²) in [4.78, 5) is 12.7. The lowest BCUT2D eigenvalue weighted by Gasteiger charge is -2.20. The molecule has 0 spiro atoms. The van der Waals surface area contributed by atoms with E-state index in [1.165, 1.54) is 4.90 Å². The molecule has 0 aliphatic heterocycles. The Morgan fingerprint density at radius 1 is 1.62 bits per heavy atom. The Morgan fingerprint density at radius 2 is 2.31 bits per heavy atom. The van der Waals surface area contributed by atoms with Crippen LogP contribution >= 0.6 is 0 Å². The molecule has 0 heterocycles. The van der Waals surface area contributed by atoms with Gasteiger partial charge < -0.3 is 15.4 Å². The molecule has 0 aliphatic carbocycles. The third-order valence-electron chi connectivity index (χ3n) is 1.59. The largest absolute Gasteiger partial charge is 0.383 e. The molecule has 0 aromatic carbocycles. The molecule has 0 fully saturated rings. The fraction of sp³-hybridized carbons (Fsp3) is 0.750. The fourth-order valence-electron chi connectivity index (χ4n) is 0.877. The van der Waals surface area contributed by atoms with Gasteiger partial charge in [0.05, 0.1) is 25.6 Å². The molecular weight excluding hydrogens is 170 g/mol. The smallest absolute Gasteiger partial charge is 0.236 e. The topological polar surface area (TPSA) is 79.3 Å². The number of hydrogen-bond donors (Lipinski definition) is 1. The third kappa shape index (κ3) is 5.17. The molecule has 0 saturated carbocycles. The maximum atomic E-state index is 11.2. The van der Waals surface area contributed by atoms with E-state index in [0.29, 0.717) is 26.1 Å². The molecule has 0 aliphatic rings. The highest BCUT2D eigenvalue weighted by atomic mass is 16.5. The average Bonchev–Trinajstić information content (AvgIpc) is 2.17. The van der Waals surface area contributed by atoms with Crippen molar-refractivity contribution in [2.24, 2.45) is 5.73 Å². The molecule has 2 N–H and O–H groups in total. The molecular formula is C8H15N3O2. The van der Waals surface area contributed by atoms with Crippen molar-refractivity contribution in [3.63, 3.8) is 0 Å². The number of rotatable bonds is 6. The standard InChI is InChI=1S/C8H15N3O2/c1-13-6-5-11(4-2-3-9)8(12)7-10/h2,4-7,10H2,1H3. The molecule has 0 rings (SSSR count). The molecule has 0 radical (unpaired) electrons. The highest BCUT2D eigenvalue weighted by Gasteiger charge is 2.09. The minimum absolute atomic E-state index is 0.0187. The van der Waals surface area contributed by atoms with E-state index in [1.54, 1.807) is 7.11 Å². The van der Waals surface area contributed by atoms with Gasteiger partial charge in [0, 0.05) is 20.2 Å². The van der Waals surface area contributed by atoms with Gasteiger partial charge in [0.2, 0.25) is 5.91 Å². The lowest BCUT2D eigenvalue weighted by molar-refractivity contribution is -0.130. The molecule has 0 unspecified atom stereocenters. The van der Waals surface area contributed by atoms with Crippen LogP contribution in [0.2, 0.25) is 0 Å². The normalized spacial score (nSPS) is 9.31. The van der Waals surface area contributed by atoms with Gasteiger partial charge in [-0.05, 0) is 0 Å². The summed E-state index contributed by atoms with van der Waals surface area (Å²) in [7, 11) is 1.56. The van der Waals surface area contributed by atoms with Gasteiger partial charge in [-0.1, -0.05) is 0 Å². The van der Waals surface area contributed by atoms with E-state index >= 15 is 0 Å².